The van der Waals surface area contributed by atoms with Crippen molar-refractivity contribution in [2.24, 2.45) is 10.5 Å². The molecule has 0 bridgehead atoms. The van der Waals surface area contributed by atoms with Crippen molar-refractivity contribution in [2.75, 3.05) is 11.5 Å². The lowest BCUT2D eigenvalue weighted by molar-refractivity contribution is -0.141. The number of rotatable bonds is 3. The van der Waals surface area contributed by atoms with Gasteiger partial charge >= 0.3 is 5.97 Å². The summed E-state index contributed by atoms with van der Waals surface area (Å²) in [6, 6.07) is -1.31. The summed E-state index contributed by atoms with van der Waals surface area (Å²) in [6.45, 7) is 1.49. The molecule has 8 heteroatoms. The molecule has 0 aromatic carbocycles. The molecule has 1 rings (SSSR count). The Morgan fingerprint density at radius 2 is 2.14 bits per heavy atom. The van der Waals surface area contributed by atoms with E-state index in [1.807, 2.05) is 0 Å². The van der Waals surface area contributed by atoms with Crippen LogP contribution in [0.5, 0.6) is 0 Å². The minimum absolute atomic E-state index is 0.240. The maximum absolute atomic E-state index is 10.9. The Kier molecular flexibility index (Phi) is 2.43. The van der Waals surface area contributed by atoms with Crippen LogP contribution in [0.15, 0.2) is 5.11 Å². The molecule has 1 aliphatic rings. The topological polar surface area (TPSA) is 120 Å². The molecule has 1 heterocycles. The van der Waals surface area contributed by atoms with E-state index in [0.29, 0.717) is 0 Å². The number of azide groups is 1. The Morgan fingerprint density at radius 1 is 1.64 bits per heavy atom. The van der Waals surface area contributed by atoms with Gasteiger partial charge in [0.05, 0.1) is 11.5 Å². The summed E-state index contributed by atoms with van der Waals surface area (Å²) in [5.74, 6) is -1.77. The number of carboxylic acids is 1. The molecule has 1 saturated heterocycles. The monoisotopic (exact) mass is 219 g/mol. The molecule has 1 atom stereocenters. The van der Waals surface area contributed by atoms with Crippen molar-refractivity contribution in [3.8, 4) is 0 Å². The van der Waals surface area contributed by atoms with E-state index in [4.69, 9.17) is 10.6 Å². The second kappa shape index (κ2) is 3.14. The second-order valence-electron chi connectivity index (χ2n) is 3.63. The summed E-state index contributed by atoms with van der Waals surface area (Å²) in [5, 5.41) is 11.8. The fraction of sp³-hybridized carbons (Fsp3) is 0.833. The number of aliphatic carboxylic acids is 1. The first-order chi connectivity index (χ1) is 6.31. The Labute approximate surface area is 80.3 Å². The predicted molar refractivity (Wildman–Crippen MR) is 47.3 cm³/mol. The van der Waals surface area contributed by atoms with Crippen molar-refractivity contribution >= 4 is 15.8 Å². The van der Waals surface area contributed by atoms with Crippen LogP contribution in [0.1, 0.15) is 6.92 Å². The molecule has 1 N–H and O–H groups in total. The molecular weight excluding hydrogens is 210 g/mol. The number of nitrogens with zero attached hydrogens (tertiary/aromatic N) is 3. The molecule has 0 aliphatic carbocycles. The highest BCUT2D eigenvalue weighted by atomic mass is 32.2. The zero-order valence-electron chi connectivity index (χ0n) is 7.41. The highest BCUT2D eigenvalue weighted by Gasteiger charge is 2.52. The molecule has 0 radical (unpaired) electrons. The summed E-state index contributed by atoms with van der Waals surface area (Å²) < 4.78 is 21.8. The van der Waals surface area contributed by atoms with Crippen LogP contribution in [0.2, 0.25) is 0 Å². The second-order valence-corrected chi connectivity index (χ2v) is 5.70. The van der Waals surface area contributed by atoms with E-state index < -0.39 is 27.3 Å². The Hall–Kier alpha value is -1.27. The van der Waals surface area contributed by atoms with Crippen molar-refractivity contribution in [1.82, 2.24) is 0 Å². The zero-order chi connectivity index (χ0) is 11.0. The van der Waals surface area contributed by atoms with Crippen LogP contribution in [0.4, 0.5) is 0 Å². The fourth-order valence-corrected chi connectivity index (χ4v) is 3.90. The molecule has 7 nitrogen and oxygen atoms in total. The van der Waals surface area contributed by atoms with Gasteiger partial charge in [0.2, 0.25) is 0 Å². The molecule has 0 aromatic heterocycles. The molecule has 1 aliphatic heterocycles. The van der Waals surface area contributed by atoms with Crippen LogP contribution in [0.25, 0.3) is 10.4 Å². The lowest BCUT2D eigenvalue weighted by Crippen LogP contribution is -2.55. The van der Waals surface area contributed by atoms with E-state index in [-0.39, 0.29) is 11.5 Å². The highest BCUT2D eigenvalue weighted by Crippen LogP contribution is 2.37. The van der Waals surface area contributed by atoms with Gasteiger partial charge in [-0.1, -0.05) is 12.0 Å². The number of hydrogen-bond donors (Lipinski definition) is 1. The van der Waals surface area contributed by atoms with Crippen LogP contribution in [0.3, 0.4) is 0 Å². The molecule has 1 fully saturated rings. The molecule has 0 aromatic rings. The van der Waals surface area contributed by atoms with E-state index in [1.165, 1.54) is 6.92 Å². The van der Waals surface area contributed by atoms with E-state index in [2.05, 4.69) is 10.0 Å². The first-order valence-electron chi connectivity index (χ1n) is 3.78. The lowest BCUT2D eigenvalue weighted by atomic mass is 9.86. The molecule has 0 unspecified atom stereocenters. The van der Waals surface area contributed by atoms with Crippen molar-refractivity contribution < 1.29 is 18.3 Å². The SMILES string of the molecule is CC1([C@H](N=[N+]=[N-])C(=O)O)CS(=O)(=O)C1. The molecule has 14 heavy (non-hydrogen) atoms. The van der Waals surface area contributed by atoms with Crippen LogP contribution in [0, 0.1) is 5.41 Å². The van der Waals surface area contributed by atoms with Crippen LogP contribution in [-0.2, 0) is 14.6 Å². The third-order valence-electron chi connectivity index (χ3n) is 2.16. The van der Waals surface area contributed by atoms with Gasteiger partial charge in [-0.05, 0) is 5.53 Å². The van der Waals surface area contributed by atoms with Crippen molar-refractivity contribution in [2.45, 2.75) is 13.0 Å². The Balaban J connectivity index is 2.92. The van der Waals surface area contributed by atoms with Crippen LogP contribution < -0.4 is 0 Å². The standard InChI is InChI=1S/C6H9N3O4S/c1-6(2-14(12,13)3-6)4(5(10)11)8-9-7/h4H,2-3H2,1H3,(H,10,11)/t4-/m1/s1. The van der Waals surface area contributed by atoms with Gasteiger partial charge in [0, 0.05) is 10.3 Å². The molecular formula is C6H9N3O4S. The van der Waals surface area contributed by atoms with Gasteiger partial charge in [-0.3, -0.25) is 4.79 Å². The summed E-state index contributed by atoms with van der Waals surface area (Å²) in [4.78, 5) is 13.1. The summed E-state index contributed by atoms with van der Waals surface area (Å²) in [6.07, 6.45) is 0. The predicted octanol–water partition coefficient (Wildman–Crippen LogP) is 0.185. The molecule has 0 amide bonds. The first-order valence-corrected chi connectivity index (χ1v) is 5.60. The maximum Gasteiger partial charge on any atom is 0.313 e. The van der Waals surface area contributed by atoms with E-state index in [0.717, 1.165) is 0 Å². The number of sulfone groups is 1. The summed E-state index contributed by atoms with van der Waals surface area (Å²) in [7, 11) is -3.13. The lowest BCUT2D eigenvalue weighted by Gasteiger charge is -2.39. The zero-order valence-corrected chi connectivity index (χ0v) is 8.23. The maximum atomic E-state index is 10.9. The van der Waals surface area contributed by atoms with E-state index in [1.54, 1.807) is 0 Å². The quantitative estimate of drug-likeness (QED) is 0.413. The first kappa shape index (κ1) is 10.8. The number of carboxylic acid groups (broad SMARTS) is 1. The smallest absolute Gasteiger partial charge is 0.313 e. The number of hydrogen-bond acceptors (Lipinski definition) is 4. The van der Waals surface area contributed by atoms with Crippen molar-refractivity contribution in [3.63, 3.8) is 0 Å². The van der Waals surface area contributed by atoms with Gasteiger partial charge in [-0.15, -0.1) is 0 Å². The Bertz CT molecular complexity index is 395. The van der Waals surface area contributed by atoms with Crippen LogP contribution >= 0.6 is 0 Å². The average molecular weight is 219 g/mol. The third kappa shape index (κ3) is 1.80. The van der Waals surface area contributed by atoms with Crippen LogP contribution in [-0.4, -0.2) is 37.0 Å². The minimum Gasteiger partial charge on any atom is -0.481 e. The van der Waals surface area contributed by atoms with Crippen molar-refractivity contribution in [1.29, 1.82) is 0 Å². The average Bonchev–Trinajstić information content (AvgIpc) is 1.94. The van der Waals surface area contributed by atoms with Crippen molar-refractivity contribution in [3.05, 3.63) is 10.4 Å². The van der Waals surface area contributed by atoms with E-state index in [9.17, 15) is 13.2 Å². The van der Waals surface area contributed by atoms with Gasteiger partial charge in [0.1, 0.15) is 6.04 Å². The third-order valence-corrected chi connectivity index (χ3v) is 4.36. The minimum atomic E-state index is -3.13. The van der Waals surface area contributed by atoms with Gasteiger partial charge in [0.15, 0.2) is 9.84 Å². The normalized spacial score (nSPS) is 24.1. The molecule has 0 saturated carbocycles. The summed E-state index contributed by atoms with van der Waals surface area (Å²) in [5.41, 5.74) is 7.18. The fourth-order valence-electron chi connectivity index (χ4n) is 1.66. The van der Waals surface area contributed by atoms with Gasteiger partial charge in [-0.25, -0.2) is 8.42 Å². The van der Waals surface area contributed by atoms with Gasteiger partial charge in [0.25, 0.3) is 0 Å². The van der Waals surface area contributed by atoms with Gasteiger partial charge in [-0.2, -0.15) is 0 Å². The molecule has 78 valence electrons. The Morgan fingerprint density at radius 3 is 2.43 bits per heavy atom. The summed E-state index contributed by atoms with van der Waals surface area (Å²) >= 11 is 0. The number of carbonyl (C=O) groups is 1. The van der Waals surface area contributed by atoms with Gasteiger partial charge < -0.3 is 5.11 Å². The highest BCUT2D eigenvalue weighted by molar-refractivity contribution is 7.92. The largest absolute Gasteiger partial charge is 0.481 e. The van der Waals surface area contributed by atoms with E-state index >= 15 is 0 Å². The molecule has 0 spiro atoms.